The molecule has 0 saturated carbocycles. The van der Waals surface area contributed by atoms with Gasteiger partial charge in [0.15, 0.2) is 0 Å². The van der Waals surface area contributed by atoms with Crippen LogP contribution in [0, 0.1) is 0 Å². The molecule has 2 heterocycles. The van der Waals surface area contributed by atoms with E-state index in [1.165, 1.54) is 73.4 Å². The van der Waals surface area contributed by atoms with Crippen molar-refractivity contribution in [3.63, 3.8) is 0 Å². The predicted octanol–water partition coefficient (Wildman–Crippen LogP) is 11.3. The largest absolute Gasteiger partial charge is 0.310 e. The summed E-state index contributed by atoms with van der Waals surface area (Å²) in [6.07, 6.45) is 7.69. The molecular formula is C42H62N2P2. The zero-order chi connectivity index (χ0) is 33.3. The van der Waals surface area contributed by atoms with E-state index in [1.54, 1.807) is 11.1 Å². The summed E-state index contributed by atoms with van der Waals surface area (Å²) in [5.41, 5.74) is 8.75. The average Bonchev–Trinajstić information content (AvgIpc) is 3.74. The van der Waals surface area contributed by atoms with E-state index in [-0.39, 0.29) is 37.0 Å². The Hall–Kier alpha value is -1.56. The third-order valence-corrected chi connectivity index (χ3v) is 17.9. The first-order valence-corrected chi connectivity index (χ1v) is 21.1. The average molecular weight is 657 g/mol. The number of hydrogen-bond donors (Lipinski definition) is 2. The smallest absolute Gasteiger partial charge is 0.0286 e. The Labute approximate surface area is 284 Å². The highest BCUT2D eigenvalue weighted by atomic mass is 31.1. The van der Waals surface area contributed by atoms with Crippen molar-refractivity contribution in [2.24, 2.45) is 0 Å². The lowest BCUT2D eigenvalue weighted by molar-refractivity contribution is 0.577. The summed E-state index contributed by atoms with van der Waals surface area (Å²) >= 11 is 0. The minimum atomic E-state index is -0.289. The highest BCUT2D eigenvalue weighted by molar-refractivity contribution is 7.60. The topological polar surface area (TPSA) is 24.1 Å². The fourth-order valence-corrected chi connectivity index (χ4v) is 15.1. The van der Waals surface area contributed by atoms with Gasteiger partial charge in [-0.2, -0.15) is 0 Å². The maximum Gasteiger partial charge on any atom is 0.0286 e. The van der Waals surface area contributed by atoms with Crippen LogP contribution in [-0.4, -0.2) is 35.0 Å². The van der Waals surface area contributed by atoms with Crippen LogP contribution in [0.2, 0.25) is 0 Å². The number of hydrogen-bond acceptors (Lipinski definition) is 2. The molecule has 0 spiro atoms. The first-order chi connectivity index (χ1) is 21.6. The van der Waals surface area contributed by atoms with Crippen LogP contribution in [0.3, 0.4) is 0 Å². The van der Waals surface area contributed by atoms with Crippen molar-refractivity contribution in [3.05, 3.63) is 106 Å². The van der Waals surface area contributed by atoms with Crippen LogP contribution in [0.15, 0.2) is 72.8 Å². The van der Waals surface area contributed by atoms with Gasteiger partial charge in [-0.15, -0.1) is 0 Å². The highest BCUT2D eigenvalue weighted by Crippen LogP contribution is 2.62. The molecular weight excluding hydrogens is 594 g/mol. The Bertz CT molecular complexity index is 1390. The van der Waals surface area contributed by atoms with Crippen molar-refractivity contribution >= 4 is 15.8 Å². The lowest BCUT2D eigenvalue weighted by atomic mass is 9.67. The fourth-order valence-electron chi connectivity index (χ4n) is 8.22. The normalized spacial score (nSPS) is 20.4. The molecule has 2 aliphatic heterocycles. The van der Waals surface area contributed by atoms with Crippen molar-refractivity contribution < 1.29 is 0 Å². The second kappa shape index (κ2) is 14.1. The number of nitrogens with one attached hydrogen (secondary N) is 2. The van der Waals surface area contributed by atoms with E-state index in [1.807, 2.05) is 0 Å². The third kappa shape index (κ3) is 7.84. The molecule has 2 unspecified atom stereocenters. The molecule has 0 bridgehead atoms. The van der Waals surface area contributed by atoms with Gasteiger partial charge in [0.1, 0.15) is 0 Å². The molecule has 0 radical (unpaired) electrons. The molecule has 0 aliphatic carbocycles. The summed E-state index contributed by atoms with van der Waals surface area (Å²) in [4.78, 5) is 0. The van der Waals surface area contributed by atoms with E-state index in [9.17, 15) is 0 Å². The summed E-state index contributed by atoms with van der Waals surface area (Å²) < 4.78 is 0. The molecule has 2 N–H and O–H groups in total. The summed E-state index contributed by atoms with van der Waals surface area (Å²) in [5.74, 6) is 1.33. The van der Waals surface area contributed by atoms with Gasteiger partial charge in [-0.3, -0.25) is 0 Å². The molecule has 0 amide bonds. The van der Waals surface area contributed by atoms with Crippen LogP contribution in [0.4, 0.5) is 0 Å². The SMILES string of the molecule is CC(C)(c1ccccc1)c1cc(CP(C2CCCN2)C2CCCN2)c(CP(C(C)(C)C)C(C)(C)C)cc1C(C)(C)c1ccccc1. The van der Waals surface area contributed by atoms with Crippen molar-refractivity contribution in [3.8, 4) is 0 Å². The maximum absolute atomic E-state index is 3.98. The van der Waals surface area contributed by atoms with E-state index in [4.69, 9.17) is 0 Å². The monoisotopic (exact) mass is 656 g/mol. The molecule has 5 rings (SSSR count). The van der Waals surface area contributed by atoms with Gasteiger partial charge in [0.25, 0.3) is 0 Å². The van der Waals surface area contributed by atoms with Crippen LogP contribution in [0.1, 0.15) is 128 Å². The molecule has 2 nitrogen and oxygen atoms in total. The lowest BCUT2D eigenvalue weighted by Crippen LogP contribution is -2.31. The highest BCUT2D eigenvalue weighted by Gasteiger charge is 2.39. The van der Waals surface area contributed by atoms with Crippen LogP contribution in [-0.2, 0) is 23.2 Å². The molecule has 46 heavy (non-hydrogen) atoms. The molecule has 250 valence electrons. The second-order valence-corrected chi connectivity index (χ2v) is 23.4. The Morgan fingerprint density at radius 2 is 0.957 bits per heavy atom. The summed E-state index contributed by atoms with van der Waals surface area (Å²) in [5, 5.41) is 8.51. The Kier molecular flexibility index (Phi) is 11.0. The molecule has 3 aromatic carbocycles. The van der Waals surface area contributed by atoms with Gasteiger partial charge in [-0.05, 0) is 94.8 Å². The molecule has 4 heteroatoms. The van der Waals surface area contributed by atoms with Gasteiger partial charge in [-0.25, -0.2) is 0 Å². The van der Waals surface area contributed by atoms with E-state index >= 15 is 0 Å². The third-order valence-electron chi connectivity index (χ3n) is 10.8. The first-order valence-electron chi connectivity index (χ1n) is 17.9. The fraction of sp³-hybridized carbons (Fsp3) is 0.571. The summed E-state index contributed by atoms with van der Waals surface area (Å²) in [6.45, 7) is 27.1. The van der Waals surface area contributed by atoms with Crippen molar-refractivity contribution in [2.75, 3.05) is 13.1 Å². The van der Waals surface area contributed by atoms with E-state index in [2.05, 4.69) is 153 Å². The van der Waals surface area contributed by atoms with Crippen molar-refractivity contribution in [2.45, 2.75) is 140 Å². The molecule has 2 atom stereocenters. The van der Waals surface area contributed by atoms with E-state index in [0.29, 0.717) is 11.6 Å². The van der Waals surface area contributed by atoms with Crippen LogP contribution in [0.5, 0.6) is 0 Å². The summed E-state index contributed by atoms with van der Waals surface area (Å²) in [6, 6.07) is 27.9. The van der Waals surface area contributed by atoms with E-state index < -0.39 is 0 Å². The molecule has 3 aromatic rings. The quantitative estimate of drug-likeness (QED) is 0.212. The Morgan fingerprint density at radius 3 is 1.30 bits per heavy atom. The lowest BCUT2D eigenvalue weighted by Gasteiger charge is -2.43. The van der Waals surface area contributed by atoms with Gasteiger partial charge >= 0.3 is 0 Å². The second-order valence-electron chi connectivity index (χ2n) is 17.0. The molecule has 2 fully saturated rings. The van der Waals surface area contributed by atoms with Gasteiger partial charge in [-0.1, -0.05) is 158 Å². The van der Waals surface area contributed by atoms with Crippen molar-refractivity contribution in [1.82, 2.24) is 10.6 Å². The number of rotatable bonds is 10. The standard InChI is InChI=1S/C42H62N2P2/c1-39(2,3)46(40(4,5)6)30-32-28-36(42(9,10)34-21-15-12-16-22-34)35(41(7,8)33-19-13-11-14-20-33)27-31(32)29-45(37-23-17-25-43-37)38-24-18-26-44-38/h11-16,19-22,27-28,37-38,43-44H,17-18,23-26,29-30H2,1-10H3. The van der Waals surface area contributed by atoms with Crippen LogP contribution < -0.4 is 10.6 Å². The van der Waals surface area contributed by atoms with Gasteiger partial charge in [0.2, 0.25) is 0 Å². The van der Waals surface area contributed by atoms with Crippen LogP contribution in [0.25, 0.3) is 0 Å². The van der Waals surface area contributed by atoms with Gasteiger partial charge in [0.05, 0.1) is 0 Å². The predicted molar refractivity (Wildman–Crippen MR) is 206 cm³/mol. The summed E-state index contributed by atoms with van der Waals surface area (Å²) in [7, 11) is -0.524. The minimum Gasteiger partial charge on any atom is -0.310 e. The van der Waals surface area contributed by atoms with Crippen molar-refractivity contribution in [1.29, 1.82) is 0 Å². The molecule has 2 aliphatic rings. The van der Waals surface area contributed by atoms with Gasteiger partial charge in [0, 0.05) is 22.4 Å². The molecule has 0 aromatic heterocycles. The first kappa shape index (κ1) is 35.7. The number of benzene rings is 3. The van der Waals surface area contributed by atoms with Crippen LogP contribution >= 0.6 is 15.8 Å². The van der Waals surface area contributed by atoms with Gasteiger partial charge < -0.3 is 10.6 Å². The van der Waals surface area contributed by atoms with E-state index in [0.717, 1.165) is 0 Å². The molecule has 2 saturated heterocycles. The zero-order valence-corrected chi connectivity index (χ0v) is 32.4. The minimum absolute atomic E-state index is 0.130. The zero-order valence-electron chi connectivity index (χ0n) is 30.6. The maximum atomic E-state index is 3.98. The Morgan fingerprint density at radius 1 is 0.565 bits per heavy atom. The Balaban J connectivity index is 1.75.